The molecule has 0 saturated carbocycles. The Balaban J connectivity index is 2.93. The first-order valence-corrected chi connectivity index (χ1v) is 4.53. The number of nitriles is 1. The van der Waals surface area contributed by atoms with Crippen molar-refractivity contribution in [2.45, 2.75) is 6.92 Å². The summed E-state index contributed by atoms with van der Waals surface area (Å²) in [5.41, 5.74) is 1.46. The number of pyridine rings is 1. The number of aromatic nitrogens is 1. The van der Waals surface area contributed by atoms with Gasteiger partial charge in [0.25, 0.3) is 0 Å². The highest BCUT2D eigenvalue weighted by Gasteiger charge is 2.02. The lowest BCUT2D eigenvalue weighted by atomic mass is 10.3. The van der Waals surface area contributed by atoms with Crippen molar-refractivity contribution in [2.75, 3.05) is 18.0 Å². The predicted molar refractivity (Wildman–Crippen MR) is 57.0 cm³/mol. The van der Waals surface area contributed by atoms with Gasteiger partial charge in [0.05, 0.1) is 0 Å². The van der Waals surface area contributed by atoms with E-state index in [0.717, 1.165) is 18.8 Å². The molecule has 0 aromatic carbocycles. The van der Waals surface area contributed by atoms with Crippen molar-refractivity contribution in [1.82, 2.24) is 4.98 Å². The molecule has 3 heteroatoms. The molecule has 0 fully saturated rings. The first-order valence-electron chi connectivity index (χ1n) is 4.53. The minimum Gasteiger partial charge on any atom is -0.368 e. The molecule has 0 bridgehead atoms. The van der Waals surface area contributed by atoms with Gasteiger partial charge in [-0.25, -0.2) is 4.98 Å². The highest BCUT2D eigenvalue weighted by molar-refractivity contribution is 5.49. The fourth-order valence-corrected chi connectivity index (χ4v) is 1.25. The Labute approximate surface area is 84.3 Å². The lowest BCUT2D eigenvalue weighted by Crippen LogP contribution is -2.22. The molecule has 0 aliphatic heterocycles. The monoisotopic (exact) mass is 187 g/mol. The summed E-state index contributed by atoms with van der Waals surface area (Å²) in [6.07, 6.45) is 3.50. The van der Waals surface area contributed by atoms with Gasteiger partial charge in [-0.3, -0.25) is 0 Å². The largest absolute Gasteiger partial charge is 0.368 e. The summed E-state index contributed by atoms with van der Waals surface area (Å²) in [5, 5.41) is 8.70. The third-order valence-corrected chi connectivity index (χ3v) is 1.95. The highest BCUT2D eigenvalue weighted by atomic mass is 15.1. The van der Waals surface area contributed by atoms with Gasteiger partial charge in [-0.15, -0.1) is 6.58 Å². The maximum absolute atomic E-state index is 8.70. The number of nitrogens with zero attached hydrogens (tertiary/aromatic N) is 3. The fourth-order valence-electron chi connectivity index (χ4n) is 1.25. The molecule has 1 aromatic heterocycles. The van der Waals surface area contributed by atoms with E-state index in [1.807, 2.05) is 18.2 Å². The molecule has 0 amide bonds. The Morgan fingerprint density at radius 3 is 3.07 bits per heavy atom. The zero-order valence-electron chi connectivity index (χ0n) is 8.27. The molecule has 0 radical (unpaired) electrons. The lowest BCUT2D eigenvalue weighted by molar-refractivity contribution is 0.904. The normalized spacial score (nSPS) is 9.14. The Kier molecular flexibility index (Phi) is 3.69. The first kappa shape index (κ1) is 10.3. The summed E-state index contributed by atoms with van der Waals surface area (Å²) in [7, 11) is 0. The number of rotatable bonds is 4. The summed E-state index contributed by atoms with van der Waals surface area (Å²) < 4.78 is 0. The van der Waals surface area contributed by atoms with Gasteiger partial charge in [0.1, 0.15) is 11.8 Å². The van der Waals surface area contributed by atoms with E-state index in [0.29, 0.717) is 5.69 Å². The summed E-state index contributed by atoms with van der Waals surface area (Å²) in [5.74, 6) is 0. The molecule has 0 unspecified atom stereocenters. The van der Waals surface area contributed by atoms with Gasteiger partial charge in [0.2, 0.25) is 0 Å². The zero-order valence-corrected chi connectivity index (χ0v) is 8.27. The summed E-state index contributed by atoms with van der Waals surface area (Å²) in [4.78, 5) is 6.04. The maximum Gasteiger partial charge on any atom is 0.142 e. The lowest BCUT2D eigenvalue weighted by Gasteiger charge is -2.20. The van der Waals surface area contributed by atoms with E-state index >= 15 is 0 Å². The molecule has 0 atom stereocenters. The van der Waals surface area contributed by atoms with Crippen molar-refractivity contribution in [3.05, 3.63) is 36.7 Å². The maximum atomic E-state index is 8.70. The van der Waals surface area contributed by atoms with Crippen molar-refractivity contribution in [3.8, 4) is 6.07 Å². The average Bonchev–Trinajstić information content (AvgIpc) is 2.26. The predicted octanol–water partition coefficient (Wildman–Crippen LogP) is 1.97. The van der Waals surface area contributed by atoms with Crippen LogP contribution in [0.5, 0.6) is 0 Å². The first-order chi connectivity index (χ1) is 6.81. The smallest absolute Gasteiger partial charge is 0.142 e. The highest BCUT2D eigenvalue weighted by Crippen LogP contribution is 2.13. The van der Waals surface area contributed by atoms with Crippen LogP contribution in [0, 0.1) is 11.3 Å². The van der Waals surface area contributed by atoms with Gasteiger partial charge in [0.15, 0.2) is 0 Å². The van der Waals surface area contributed by atoms with Crippen molar-refractivity contribution < 1.29 is 0 Å². The second-order valence-electron chi connectivity index (χ2n) is 2.84. The summed E-state index contributed by atoms with van der Waals surface area (Å²) in [6, 6.07) is 5.71. The van der Waals surface area contributed by atoms with Crippen LogP contribution >= 0.6 is 0 Å². The molecule has 0 saturated heterocycles. The van der Waals surface area contributed by atoms with E-state index in [-0.39, 0.29) is 0 Å². The van der Waals surface area contributed by atoms with E-state index in [4.69, 9.17) is 5.26 Å². The minimum atomic E-state index is 0.449. The second-order valence-corrected chi connectivity index (χ2v) is 2.84. The van der Waals surface area contributed by atoms with Crippen LogP contribution in [0.25, 0.3) is 0 Å². The standard InChI is InChI=1S/C11H13N3/c1-3-7-14(4-2)11-5-6-13-10(8-11)9-12/h3,5-6,8H,1,4,7H2,2H3. The van der Waals surface area contributed by atoms with Gasteiger partial charge in [-0.2, -0.15) is 5.26 Å². The summed E-state index contributed by atoms with van der Waals surface area (Å²) >= 11 is 0. The van der Waals surface area contributed by atoms with Crippen LogP contribution in [0.1, 0.15) is 12.6 Å². The van der Waals surface area contributed by atoms with Gasteiger partial charge in [0, 0.05) is 25.0 Å². The molecular weight excluding hydrogens is 174 g/mol. The number of anilines is 1. The molecular formula is C11H13N3. The SMILES string of the molecule is C=CCN(CC)c1ccnc(C#N)c1. The molecule has 1 aromatic rings. The van der Waals surface area contributed by atoms with E-state index < -0.39 is 0 Å². The molecule has 3 nitrogen and oxygen atoms in total. The average molecular weight is 187 g/mol. The number of hydrogen-bond acceptors (Lipinski definition) is 3. The van der Waals surface area contributed by atoms with Crippen molar-refractivity contribution in [2.24, 2.45) is 0 Å². The summed E-state index contributed by atoms with van der Waals surface area (Å²) in [6.45, 7) is 7.43. The Morgan fingerprint density at radius 2 is 2.50 bits per heavy atom. The molecule has 72 valence electrons. The third kappa shape index (κ3) is 2.33. The van der Waals surface area contributed by atoms with Crippen LogP contribution in [0.3, 0.4) is 0 Å². The van der Waals surface area contributed by atoms with Gasteiger partial charge in [-0.1, -0.05) is 6.08 Å². The number of likely N-dealkylation sites (N-methyl/N-ethyl adjacent to an activating group) is 1. The van der Waals surface area contributed by atoms with Crippen LogP contribution in [0.2, 0.25) is 0 Å². The van der Waals surface area contributed by atoms with Gasteiger partial charge in [-0.05, 0) is 19.1 Å². The molecule has 0 N–H and O–H groups in total. The van der Waals surface area contributed by atoms with Crippen LogP contribution in [-0.2, 0) is 0 Å². The van der Waals surface area contributed by atoms with Crippen LogP contribution < -0.4 is 4.90 Å². The van der Waals surface area contributed by atoms with Crippen LogP contribution in [0.4, 0.5) is 5.69 Å². The molecule has 0 aliphatic carbocycles. The Bertz CT molecular complexity index is 352. The quantitative estimate of drug-likeness (QED) is 0.676. The third-order valence-electron chi connectivity index (χ3n) is 1.95. The molecule has 1 rings (SSSR count). The molecule has 0 aliphatic rings. The van der Waals surface area contributed by atoms with Crippen molar-refractivity contribution >= 4 is 5.69 Å². The van der Waals surface area contributed by atoms with Crippen molar-refractivity contribution in [1.29, 1.82) is 5.26 Å². The van der Waals surface area contributed by atoms with E-state index in [1.54, 1.807) is 12.3 Å². The molecule has 1 heterocycles. The number of hydrogen-bond donors (Lipinski definition) is 0. The van der Waals surface area contributed by atoms with Gasteiger partial charge < -0.3 is 4.90 Å². The fraction of sp³-hybridized carbons (Fsp3) is 0.273. The topological polar surface area (TPSA) is 39.9 Å². The van der Waals surface area contributed by atoms with Crippen molar-refractivity contribution in [3.63, 3.8) is 0 Å². The zero-order chi connectivity index (χ0) is 10.4. The van der Waals surface area contributed by atoms with Gasteiger partial charge >= 0.3 is 0 Å². The van der Waals surface area contributed by atoms with E-state index in [9.17, 15) is 0 Å². The Morgan fingerprint density at radius 1 is 1.71 bits per heavy atom. The Hall–Kier alpha value is -1.82. The van der Waals surface area contributed by atoms with Crippen LogP contribution in [-0.4, -0.2) is 18.1 Å². The molecule has 0 spiro atoms. The van der Waals surface area contributed by atoms with Crippen LogP contribution in [0.15, 0.2) is 31.0 Å². The van der Waals surface area contributed by atoms with E-state index in [2.05, 4.69) is 23.4 Å². The molecule has 14 heavy (non-hydrogen) atoms. The van der Waals surface area contributed by atoms with E-state index in [1.165, 1.54) is 0 Å². The minimum absolute atomic E-state index is 0.449. The second kappa shape index (κ2) is 5.03.